The van der Waals surface area contributed by atoms with Crippen LogP contribution in [0.3, 0.4) is 0 Å². The zero-order valence-corrected chi connectivity index (χ0v) is 17.4. The van der Waals surface area contributed by atoms with Gasteiger partial charge in [-0.25, -0.2) is 22.5 Å². The molecule has 7 rings (SSSR count). The third-order valence-corrected chi connectivity index (χ3v) is 7.81. The summed E-state index contributed by atoms with van der Waals surface area (Å²) in [5.41, 5.74) is -0.556. The quantitative estimate of drug-likeness (QED) is 0.677. The van der Waals surface area contributed by atoms with Crippen LogP contribution >= 0.6 is 0 Å². The fourth-order valence-electron chi connectivity index (χ4n) is 6.68. The minimum Gasteiger partial charge on any atom is -0.390 e. The molecule has 2 saturated heterocycles. The zero-order chi connectivity index (χ0) is 22.5. The Hall–Kier alpha value is -2.17. The fraction of sp³-hybridized carbons (Fsp3) is 0.762. The largest absolute Gasteiger partial charge is 0.390 e. The lowest BCUT2D eigenvalue weighted by Crippen LogP contribution is -2.62. The second-order valence-electron chi connectivity index (χ2n) is 10.5. The summed E-state index contributed by atoms with van der Waals surface area (Å²) in [6, 6.07) is -0.0845. The van der Waals surface area contributed by atoms with Crippen molar-refractivity contribution in [1.29, 1.82) is 0 Å². The van der Waals surface area contributed by atoms with Gasteiger partial charge in [0.25, 0.3) is 17.8 Å². The number of hydrogen-bond acceptors (Lipinski definition) is 6. The lowest BCUT2D eigenvalue weighted by molar-refractivity contribution is -0.136. The van der Waals surface area contributed by atoms with E-state index in [-0.39, 0.29) is 35.2 Å². The Morgan fingerprint density at radius 3 is 2.16 bits per heavy atom. The molecule has 2 aliphatic heterocycles. The van der Waals surface area contributed by atoms with Crippen LogP contribution in [0.15, 0.2) is 6.20 Å². The summed E-state index contributed by atoms with van der Waals surface area (Å²) in [4.78, 5) is 24.1. The van der Waals surface area contributed by atoms with Crippen molar-refractivity contribution in [3.63, 3.8) is 0 Å². The number of carbonyl (C=O) groups is 1. The Bertz CT molecular complexity index is 944. The molecule has 2 unspecified atom stereocenters. The highest BCUT2D eigenvalue weighted by Gasteiger charge is 2.55. The van der Waals surface area contributed by atoms with E-state index in [2.05, 4.69) is 15.3 Å². The number of aromatic nitrogens is 2. The Morgan fingerprint density at radius 1 is 1.00 bits per heavy atom. The van der Waals surface area contributed by atoms with Crippen molar-refractivity contribution in [2.24, 2.45) is 17.8 Å². The van der Waals surface area contributed by atoms with Gasteiger partial charge in [0.2, 0.25) is 5.95 Å². The first-order chi connectivity index (χ1) is 15.0. The van der Waals surface area contributed by atoms with Crippen LogP contribution in [-0.4, -0.2) is 70.6 Å². The van der Waals surface area contributed by atoms with E-state index in [1.165, 1.54) is 16.0 Å². The summed E-state index contributed by atoms with van der Waals surface area (Å²) in [5.74, 6) is -5.22. The summed E-state index contributed by atoms with van der Waals surface area (Å²) in [7, 11) is 0. The number of nitrogens with zero attached hydrogens (tertiary/aromatic N) is 4. The second-order valence-corrected chi connectivity index (χ2v) is 10.5. The van der Waals surface area contributed by atoms with Crippen molar-refractivity contribution in [1.82, 2.24) is 15.3 Å². The number of rotatable bonds is 4. The Kier molecular flexibility index (Phi) is 4.12. The molecule has 0 radical (unpaired) electrons. The molecule has 4 saturated carbocycles. The van der Waals surface area contributed by atoms with Crippen molar-refractivity contribution in [3.8, 4) is 0 Å². The van der Waals surface area contributed by atoms with E-state index >= 15 is 0 Å². The summed E-state index contributed by atoms with van der Waals surface area (Å²) in [6.07, 6.45) is 5.34. The van der Waals surface area contributed by atoms with E-state index in [1.54, 1.807) is 0 Å². The molecule has 1 aromatic rings. The van der Waals surface area contributed by atoms with Gasteiger partial charge in [0.15, 0.2) is 0 Å². The summed E-state index contributed by atoms with van der Waals surface area (Å²) < 4.78 is 53.6. The predicted molar refractivity (Wildman–Crippen MR) is 106 cm³/mol. The van der Waals surface area contributed by atoms with Crippen molar-refractivity contribution >= 4 is 17.7 Å². The lowest BCUT2D eigenvalue weighted by Gasteiger charge is -2.58. The van der Waals surface area contributed by atoms with Gasteiger partial charge in [-0.3, -0.25) is 4.79 Å². The maximum atomic E-state index is 13.5. The predicted octanol–water partition coefficient (Wildman–Crippen LogP) is 2.06. The van der Waals surface area contributed by atoms with Gasteiger partial charge in [0.1, 0.15) is 11.4 Å². The van der Waals surface area contributed by atoms with Gasteiger partial charge in [0, 0.05) is 12.2 Å². The van der Waals surface area contributed by atoms with E-state index in [4.69, 9.17) is 0 Å². The van der Waals surface area contributed by atoms with Gasteiger partial charge in [-0.15, -0.1) is 0 Å². The number of amides is 1. The number of alkyl halides is 4. The maximum absolute atomic E-state index is 13.5. The number of halogens is 4. The topological polar surface area (TPSA) is 81.6 Å². The molecule has 32 heavy (non-hydrogen) atoms. The summed E-state index contributed by atoms with van der Waals surface area (Å²) in [5, 5.41) is 13.8. The van der Waals surface area contributed by atoms with Crippen LogP contribution < -0.4 is 15.1 Å². The van der Waals surface area contributed by atoms with Crippen molar-refractivity contribution < 1.29 is 27.5 Å². The molecule has 4 bridgehead atoms. The average Bonchev–Trinajstić information content (AvgIpc) is 2.65. The fourth-order valence-corrected chi connectivity index (χ4v) is 6.68. The molecule has 6 fully saturated rings. The molecule has 4 aliphatic carbocycles. The van der Waals surface area contributed by atoms with E-state index < -0.39 is 49.5 Å². The molecule has 2 N–H and O–H groups in total. The van der Waals surface area contributed by atoms with Gasteiger partial charge in [-0.05, 0) is 49.9 Å². The molecule has 1 amide bonds. The number of anilines is 2. The SMILES string of the molecule is O=C(N[C@H]1C2CC3CC1C[C@@](O)(C3)C2)c1cnc(N2CC(F)(F)C2)nc1N1CC(F)(F)C1. The van der Waals surface area contributed by atoms with Crippen molar-refractivity contribution in [2.45, 2.75) is 55.6 Å². The molecule has 11 heteroatoms. The number of nitrogens with one attached hydrogen (secondary N) is 1. The standard InChI is InChI=1S/C21H25F4N5O2/c22-20(23)7-29(8-20)16-14(6-26-18(28-16)30-9-21(24,25)10-30)17(31)27-15-12-1-11-2-13(15)5-19(32,3-11)4-12/h6,11-13,15,32H,1-5,7-10H2,(H,27,31)/t11?,12?,13?,15-,19+. The van der Waals surface area contributed by atoms with Crippen LogP contribution in [0, 0.1) is 17.8 Å². The molecule has 6 aliphatic rings. The summed E-state index contributed by atoms with van der Waals surface area (Å²) in [6.45, 7) is -2.24. The van der Waals surface area contributed by atoms with E-state index in [9.17, 15) is 27.5 Å². The van der Waals surface area contributed by atoms with Gasteiger partial charge in [-0.1, -0.05) is 0 Å². The highest BCUT2D eigenvalue weighted by Crippen LogP contribution is 2.55. The molecule has 3 heterocycles. The van der Waals surface area contributed by atoms with Crippen LogP contribution in [0.2, 0.25) is 0 Å². The van der Waals surface area contributed by atoms with Gasteiger partial charge in [-0.2, -0.15) is 4.98 Å². The van der Waals surface area contributed by atoms with E-state index in [0.717, 1.165) is 19.3 Å². The summed E-state index contributed by atoms with van der Waals surface area (Å²) >= 11 is 0. The van der Waals surface area contributed by atoms with Gasteiger partial charge < -0.3 is 20.2 Å². The zero-order valence-electron chi connectivity index (χ0n) is 17.4. The minimum atomic E-state index is -2.88. The molecule has 1 aromatic heterocycles. The van der Waals surface area contributed by atoms with E-state index in [0.29, 0.717) is 18.8 Å². The van der Waals surface area contributed by atoms with Crippen molar-refractivity contribution in [2.75, 3.05) is 36.0 Å². The molecular weight excluding hydrogens is 430 g/mol. The Morgan fingerprint density at radius 2 is 1.59 bits per heavy atom. The van der Waals surface area contributed by atoms with E-state index in [1.807, 2.05) is 0 Å². The molecule has 2 atom stereocenters. The van der Waals surface area contributed by atoms with Gasteiger partial charge in [0.05, 0.1) is 31.8 Å². The smallest absolute Gasteiger partial charge is 0.282 e. The highest BCUT2D eigenvalue weighted by molar-refractivity contribution is 5.99. The molecule has 7 nitrogen and oxygen atoms in total. The third kappa shape index (κ3) is 3.31. The Labute approximate surface area is 182 Å². The van der Waals surface area contributed by atoms with Crippen LogP contribution in [0.1, 0.15) is 42.5 Å². The van der Waals surface area contributed by atoms with Crippen LogP contribution in [0.5, 0.6) is 0 Å². The number of carbonyl (C=O) groups excluding carboxylic acids is 1. The highest BCUT2D eigenvalue weighted by atomic mass is 19.3. The first-order valence-corrected chi connectivity index (χ1v) is 11.2. The first kappa shape index (κ1) is 20.4. The molecule has 174 valence electrons. The van der Waals surface area contributed by atoms with Crippen LogP contribution in [-0.2, 0) is 0 Å². The molecule has 0 aromatic carbocycles. The van der Waals surface area contributed by atoms with Crippen LogP contribution in [0.25, 0.3) is 0 Å². The Balaban J connectivity index is 1.24. The number of aliphatic hydroxyl groups is 1. The maximum Gasteiger partial charge on any atom is 0.282 e. The van der Waals surface area contributed by atoms with Crippen molar-refractivity contribution in [3.05, 3.63) is 11.8 Å². The first-order valence-electron chi connectivity index (χ1n) is 11.2. The third-order valence-electron chi connectivity index (χ3n) is 7.81. The second kappa shape index (κ2) is 6.45. The number of hydrogen-bond donors (Lipinski definition) is 2. The van der Waals surface area contributed by atoms with Crippen LogP contribution in [0.4, 0.5) is 29.3 Å². The molecule has 0 spiro atoms. The monoisotopic (exact) mass is 455 g/mol. The minimum absolute atomic E-state index is 0.00883. The van der Waals surface area contributed by atoms with Gasteiger partial charge >= 0.3 is 0 Å². The average molecular weight is 455 g/mol. The normalized spacial score (nSPS) is 38.3. The lowest BCUT2D eigenvalue weighted by atomic mass is 9.52. The molecular formula is C21H25F4N5O2.